The maximum Gasteiger partial charge on any atom is 0.251 e. The van der Waals surface area contributed by atoms with Gasteiger partial charge in [0.05, 0.1) is 5.56 Å². The summed E-state index contributed by atoms with van der Waals surface area (Å²) in [6.45, 7) is 4.22. The zero-order valence-corrected chi connectivity index (χ0v) is 16.7. The molecule has 0 bridgehead atoms. The number of aryl methyl sites for hydroxylation is 1. The summed E-state index contributed by atoms with van der Waals surface area (Å²) in [6.07, 6.45) is 8.55. The van der Waals surface area contributed by atoms with Gasteiger partial charge >= 0.3 is 0 Å². The van der Waals surface area contributed by atoms with Crippen LogP contribution in [0.2, 0.25) is 0 Å². The SMILES string of the molecule is CCCC1CCc2c(sc(NC(=O)C=Cc3ccc(C)cc3)c2C(N)=O)C1. The molecule has 142 valence electrons. The van der Waals surface area contributed by atoms with Gasteiger partial charge in [-0.15, -0.1) is 11.3 Å². The van der Waals surface area contributed by atoms with E-state index in [1.54, 1.807) is 6.08 Å². The van der Waals surface area contributed by atoms with E-state index in [1.165, 1.54) is 40.7 Å². The van der Waals surface area contributed by atoms with Crippen molar-refractivity contribution in [3.05, 3.63) is 57.5 Å². The molecule has 4 nitrogen and oxygen atoms in total. The normalized spacial score (nSPS) is 16.3. The summed E-state index contributed by atoms with van der Waals surface area (Å²) in [5.74, 6) is -0.0482. The van der Waals surface area contributed by atoms with Crippen molar-refractivity contribution in [1.29, 1.82) is 0 Å². The van der Waals surface area contributed by atoms with Crippen LogP contribution >= 0.6 is 11.3 Å². The lowest BCUT2D eigenvalue weighted by atomic mass is 9.84. The highest BCUT2D eigenvalue weighted by Gasteiger charge is 2.28. The molecule has 3 rings (SSSR count). The third kappa shape index (κ3) is 4.66. The standard InChI is InChI=1S/C22H26N2O2S/c1-3-4-16-9-11-17-18(13-16)27-22(20(17)21(23)26)24-19(25)12-10-15-7-5-14(2)6-8-15/h5-8,10,12,16H,3-4,9,11,13H2,1-2H3,(H2,23,26)(H,24,25). The van der Waals surface area contributed by atoms with Crippen molar-refractivity contribution in [3.63, 3.8) is 0 Å². The van der Waals surface area contributed by atoms with Gasteiger partial charge in [0.1, 0.15) is 5.00 Å². The summed E-state index contributed by atoms with van der Waals surface area (Å²) in [5.41, 5.74) is 9.30. The van der Waals surface area contributed by atoms with Crippen molar-refractivity contribution in [3.8, 4) is 0 Å². The van der Waals surface area contributed by atoms with E-state index in [-0.39, 0.29) is 5.91 Å². The van der Waals surface area contributed by atoms with E-state index >= 15 is 0 Å². The van der Waals surface area contributed by atoms with Gasteiger partial charge in [-0.1, -0.05) is 49.6 Å². The van der Waals surface area contributed by atoms with Crippen LogP contribution in [-0.2, 0) is 17.6 Å². The molecule has 0 radical (unpaired) electrons. The lowest BCUT2D eigenvalue weighted by molar-refractivity contribution is -0.111. The maximum atomic E-state index is 12.4. The molecule has 1 aromatic heterocycles. The van der Waals surface area contributed by atoms with E-state index in [2.05, 4.69) is 12.2 Å². The number of carbonyl (C=O) groups excluding carboxylic acids is 2. The number of hydrogen-bond acceptors (Lipinski definition) is 3. The van der Waals surface area contributed by atoms with Crippen LogP contribution in [0.1, 0.15) is 58.1 Å². The van der Waals surface area contributed by atoms with Crippen LogP contribution in [0.3, 0.4) is 0 Å². The van der Waals surface area contributed by atoms with Gasteiger partial charge in [0.2, 0.25) is 5.91 Å². The average molecular weight is 383 g/mol. The van der Waals surface area contributed by atoms with Gasteiger partial charge in [0, 0.05) is 11.0 Å². The topological polar surface area (TPSA) is 72.2 Å². The molecule has 1 atom stereocenters. The van der Waals surface area contributed by atoms with Crippen molar-refractivity contribution < 1.29 is 9.59 Å². The number of carbonyl (C=O) groups is 2. The van der Waals surface area contributed by atoms with Gasteiger partial charge in [0.25, 0.3) is 5.91 Å². The number of anilines is 1. The van der Waals surface area contributed by atoms with E-state index in [1.807, 2.05) is 31.2 Å². The molecule has 2 aromatic rings. The molecule has 1 heterocycles. The number of nitrogens with one attached hydrogen (secondary N) is 1. The molecule has 0 spiro atoms. The summed E-state index contributed by atoms with van der Waals surface area (Å²) < 4.78 is 0. The van der Waals surface area contributed by atoms with Gasteiger partial charge in [-0.05, 0) is 49.3 Å². The van der Waals surface area contributed by atoms with Crippen molar-refractivity contribution >= 4 is 34.2 Å². The molecular formula is C22H26N2O2S. The zero-order chi connectivity index (χ0) is 19.4. The predicted octanol–water partition coefficient (Wildman–Crippen LogP) is 4.71. The summed E-state index contributed by atoms with van der Waals surface area (Å²) in [6, 6.07) is 7.93. The van der Waals surface area contributed by atoms with Crippen LogP contribution in [-0.4, -0.2) is 11.8 Å². The number of rotatable bonds is 6. The predicted molar refractivity (Wildman–Crippen MR) is 112 cm³/mol. The Kier molecular flexibility index (Phi) is 6.11. The van der Waals surface area contributed by atoms with E-state index in [4.69, 9.17) is 5.73 Å². The molecule has 0 aliphatic heterocycles. The number of nitrogens with two attached hydrogens (primary N) is 1. The largest absolute Gasteiger partial charge is 0.365 e. The lowest BCUT2D eigenvalue weighted by Crippen LogP contribution is -2.19. The second-order valence-electron chi connectivity index (χ2n) is 7.20. The number of primary amides is 1. The molecule has 27 heavy (non-hydrogen) atoms. The Balaban J connectivity index is 1.77. The Bertz CT molecular complexity index is 865. The zero-order valence-electron chi connectivity index (χ0n) is 15.9. The Morgan fingerprint density at radius 1 is 1.30 bits per heavy atom. The Labute approximate surface area is 164 Å². The number of fused-ring (bicyclic) bond motifs is 1. The monoisotopic (exact) mass is 382 g/mol. The molecular weight excluding hydrogens is 356 g/mol. The van der Waals surface area contributed by atoms with Crippen LogP contribution in [0.15, 0.2) is 30.3 Å². The van der Waals surface area contributed by atoms with Gasteiger partial charge in [-0.2, -0.15) is 0 Å². The summed E-state index contributed by atoms with van der Waals surface area (Å²) in [4.78, 5) is 25.6. The smallest absolute Gasteiger partial charge is 0.251 e. The summed E-state index contributed by atoms with van der Waals surface area (Å²) >= 11 is 1.51. The lowest BCUT2D eigenvalue weighted by Gasteiger charge is -2.21. The number of hydrogen-bond donors (Lipinski definition) is 2. The Morgan fingerprint density at radius 2 is 2.04 bits per heavy atom. The van der Waals surface area contributed by atoms with Gasteiger partial charge in [0.15, 0.2) is 0 Å². The fourth-order valence-corrected chi connectivity index (χ4v) is 5.03. The first-order valence-electron chi connectivity index (χ1n) is 9.48. The summed E-state index contributed by atoms with van der Waals surface area (Å²) in [7, 11) is 0. The highest BCUT2D eigenvalue weighted by atomic mass is 32.1. The first-order valence-corrected chi connectivity index (χ1v) is 10.3. The number of benzene rings is 1. The third-order valence-corrected chi connectivity index (χ3v) is 6.22. The van der Waals surface area contributed by atoms with Crippen LogP contribution in [0, 0.1) is 12.8 Å². The fourth-order valence-electron chi connectivity index (χ4n) is 3.66. The van der Waals surface area contributed by atoms with Gasteiger partial charge in [-0.3, -0.25) is 9.59 Å². The molecule has 5 heteroatoms. The first-order chi connectivity index (χ1) is 13.0. The molecule has 1 aliphatic carbocycles. The minimum atomic E-state index is -0.459. The molecule has 0 fully saturated rings. The second-order valence-corrected chi connectivity index (χ2v) is 8.31. The molecule has 1 aliphatic rings. The molecule has 3 N–H and O–H groups in total. The minimum absolute atomic E-state index is 0.248. The van der Waals surface area contributed by atoms with Gasteiger partial charge in [-0.25, -0.2) is 0 Å². The highest BCUT2D eigenvalue weighted by Crippen LogP contribution is 2.40. The van der Waals surface area contributed by atoms with Crippen LogP contribution in [0.25, 0.3) is 6.08 Å². The van der Waals surface area contributed by atoms with Crippen molar-refractivity contribution in [2.24, 2.45) is 11.7 Å². The fraction of sp³-hybridized carbons (Fsp3) is 0.364. The number of amides is 2. The molecule has 2 amide bonds. The maximum absolute atomic E-state index is 12.4. The molecule has 1 aromatic carbocycles. The van der Waals surface area contributed by atoms with Crippen molar-refractivity contribution in [2.45, 2.75) is 46.0 Å². The average Bonchev–Trinajstić information content (AvgIpc) is 2.98. The second kappa shape index (κ2) is 8.53. The quantitative estimate of drug-likeness (QED) is 0.710. The van der Waals surface area contributed by atoms with Crippen molar-refractivity contribution in [2.75, 3.05) is 5.32 Å². The molecule has 0 saturated carbocycles. The van der Waals surface area contributed by atoms with E-state index in [0.29, 0.717) is 16.5 Å². The molecule has 0 saturated heterocycles. The van der Waals surface area contributed by atoms with Crippen LogP contribution in [0.4, 0.5) is 5.00 Å². The van der Waals surface area contributed by atoms with Crippen LogP contribution < -0.4 is 11.1 Å². The van der Waals surface area contributed by atoms with E-state index in [0.717, 1.165) is 30.4 Å². The Hall–Kier alpha value is -2.40. The van der Waals surface area contributed by atoms with E-state index in [9.17, 15) is 9.59 Å². The number of thiophene rings is 1. The first kappa shape index (κ1) is 19.4. The third-order valence-electron chi connectivity index (χ3n) is 5.05. The van der Waals surface area contributed by atoms with Gasteiger partial charge < -0.3 is 11.1 Å². The van der Waals surface area contributed by atoms with Crippen molar-refractivity contribution in [1.82, 2.24) is 0 Å². The summed E-state index contributed by atoms with van der Waals surface area (Å²) in [5, 5.41) is 3.46. The minimum Gasteiger partial charge on any atom is -0.365 e. The highest BCUT2D eigenvalue weighted by molar-refractivity contribution is 7.17. The Morgan fingerprint density at radius 3 is 2.70 bits per heavy atom. The van der Waals surface area contributed by atoms with E-state index < -0.39 is 5.91 Å². The molecule has 1 unspecified atom stereocenters. The van der Waals surface area contributed by atoms with Crippen LogP contribution in [0.5, 0.6) is 0 Å².